The topological polar surface area (TPSA) is 52.6 Å². The van der Waals surface area contributed by atoms with E-state index >= 15 is 0 Å². The second-order valence-electron chi connectivity index (χ2n) is 10.2. The molecule has 0 amide bonds. The van der Waals surface area contributed by atoms with Gasteiger partial charge in [0.05, 0.1) is 5.03 Å². The van der Waals surface area contributed by atoms with E-state index in [2.05, 4.69) is 6.92 Å². The predicted octanol–water partition coefficient (Wildman–Crippen LogP) is 6.34. The Kier molecular flexibility index (Phi) is 6.05. The third-order valence-electron chi connectivity index (χ3n) is 8.77. The summed E-state index contributed by atoms with van der Waals surface area (Å²) in [5.74, 6) is 2.71. The molecule has 1 aromatic carbocycles. The first-order chi connectivity index (χ1) is 15.4. The lowest BCUT2D eigenvalue weighted by molar-refractivity contribution is -0.161. The van der Waals surface area contributed by atoms with Crippen LogP contribution in [0, 0.1) is 29.1 Å². The summed E-state index contributed by atoms with van der Waals surface area (Å²) in [6.45, 7) is 2.23. The number of Topliss-reactive ketones (excluding diaryl/α,β-unsaturated/α-hetero) is 1. The van der Waals surface area contributed by atoms with Gasteiger partial charge in [-0.15, -0.1) is 0 Å². The van der Waals surface area contributed by atoms with Crippen LogP contribution in [0.15, 0.2) is 34.9 Å². The number of ketones is 1. The van der Waals surface area contributed by atoms with Crippen molar-refractivity contribution < 1.29 is 19.1 Å². The number of rotatable bonds is 4. The summed E-state index contributed by atoms with van der Waals surface area (Å²) < 4.78 is 11.6. The Bertz CT molecular complexity index is 940. The number of esters is 1. The van der Waals surface area contributed by atoms with Gasteiger partial charge in [0.2, 0.25) is 0 Å². The lowest BCUT2D eigenvalue weighted by Crippen LogP contribution is -2.48. The van der Waals surface area contributed by atoms with E-state index in [9.17, 15) is 9.59 Å². The lowest BCUT2D eigenvalue weighted by atomic mass is 9.52. The molecule has 0 bridgehead atoms. The van der Waals surface area contributed by atoms with Gasteiger partial charge in [-0.25, -0.2) is 4.79 Å². The summed E-state index contributed by atoms with van der Waals surface area (Å²) in [6, 6.07) is 6.98. The van der Waals surface area contributed by atoms with E-state index in [1.54, 1.807) is 24.3 Å². The van der Waals surface area contributed by atoms with Gasteiger partial charge in [-0.3, -0.25) is 4.79 Å². The number of ether oxygens (including phenoxy) is 2. The minimum atomic E-state index is -0.305. The minimum absolute atomic E-state index is 0.0204. The highest BCUT2D eigenvalue weighted by atomic mass is 35.5. The normalized spacial score (nSPS) is 36.2. The van der Waals surface area contributed by atoms with Crippen molar-refractivity contribution in [2.45, 2.75) is 64.4 Å². The number of carbonyl (C=O) groups excluding carboxylic acids is 2. The van der Waals surface area contributed by atoms with Crippen LogP contribution < -0.4 is 4.74 Å². The number of hydrogen-bond acceptors (Lipinski definition) is 4. The van der Waals surface area contributed by atoms with E-state index in [1.165, 1.54) is 5.57 Å². The number of fused-ring (bicyclic) bond motifs is 5. The van der Waals surface area contributed by atoms with Crippen LogP contribution in [-0.4, -0.2) is 24.5 Å². The van der Waals surface area contributed by atoms with Gasteiger partial charge in [-0.2, -0.15) is 0 Å². The van der Waals surface area contributed by atoms with Crippen LogP contribution in [0.1, 0.15) is 58.3 Å². The molecular weight excluding hydrogens is 447 g/mol. The summed E-state index contributed by atoms with van der Waals surface area (Å²) in [4.78, 5) is 24.7. The molecule has 3 saturated carbocycles. The smallest absolute Gasteiger partial charge is 0.344 e. The molecule has 5 rings (SSSR count). The van der Waals surface area contributed by atoms with Gasteiger partial charge in [0, 0.05) is 16.9 Å². The van der Waals surface area contributed by atoms with Crippen LogP contribution in [-0.2, 0) is 14.3 Å². The van der Waals surface area contributed by atoms with Gasteiger partial charge >= 0.3 is 5.97 Å². The van der Waals surface area contributed by atoms with Crippen LogP contribution in [0.3, 0.4) is 0 Å². The quantitative estimate of drug-likeness (QED) is 0.475. The van der Waals surface area contributed by atoms with Gasteiger partial charge in [0.25, 0.3) is 0 Å². The molecule has 0 spiro atoms. The van der Waals surface area contributed by atoms with Crippen LogP contribution in [0.2, 0.25) is 5.02 Å². The summed E-state index contributed by atoms with van der Waals surface area (Å²) in [5.41, 5.74) is 1.25. The maximum Gasteiger partial charge on any atom is 0.344 e. The van der Waals surface area contributed by atoms with Crippen molar-refractivity contribution in [3.05, 3.63) is 39.9 Å². The van der Waals surface area contributed by atoms with Gasteiger partial charge < -0.3 is 9.47 Å². The molecule has 4 aliphatic rings. The third kappa shape index (κ3) is 3.88. The molecule has 0 saturated heterocycles. The van der Waals surface area contributed by atoms with E-state index < -0.39 is 0 Å². The van der Waals surface area contributed by atoms with E-state index in [0.717, 1.165) is 44.9 Å². The van der Waals surface area contributed by atoms with E-state index in [4.69, 9.17) is 32.7 Å². The van der Waals surface area contributed by atoms with Crippen LogP contribution in [0.4, 0.5) is 0 Å². The molecule has 3 fully saturated rings. The van der Waals surface area contributed by atoms with E-state index in [-0.39, 0.29) is 29.9 Å². The zero-order valence-corrected chi connectivity index (χ0v) is 20.0. The maximum atomic E-state index is 12.6. The van der Waals surface area contributed by atoms with Crippen molar-refractivity contribution in [1.82, 2.24) is 0 Å². The average Bonchev–Trinajstić information content (AvgIpc) is 3.12. The van der Waals surface area contributed by atoms with Gasteiger partial charge in [-0.1, -0.05) is 30.1 Å². The lowest BCUT2D eigenvalue weighted by Gasteiger charge is -2.53. The Balaban J connectivity index is 1.23. The summed E-state index contributed by atoms with van der Waals surface area (Å²) >= 11 is 12.3. The number of hydrogen-bond donors (Lipinski definition) is 0. The standard InChI is InChI=1S/C26H30Cl2O4/c1-26-13-12-18-17-8-10-22(29)25(28)20(17)7-6-19(18)21(26)9-11-23(26)32-24(30)14-31-16-4-2-15(27)3-5-16/h2-5,17-19,21,23H,6-14H2,1H3. The Morgan fingerprint density at radius 1 is 1.03 bits per heavy atom. The van der Waals surface area contributed by atoms with Crippen molar-refractivity contribution >= 4 is 35.0 Å². The third-order valence-corrected chi connectivity index (χ3v) is 9.48. The molecular formula is C26H30Cl2O4. The first-order valence-corrected chi connectivity index (χ1v) is 12.6. The van der Waals surface area contributed by atoms with Crippen molar-refractivity contribution in [2.75, 3.05) is 6.61 Å². The molecule has 6 heteroatoms. The highest BCUT2D eigenvalue weighted by Gasteiger charge is 2.57. The van der Waals surface area contributed by atoms with Crippen molar-refractivity contribution in [1.29, 1.82) is 0 Å². The van der Waals surface area contributed by atoms with Crippen molar-refractivity contribution in [3.8, 4) is 5.75 Å². The van der Waals surface area contributed by atoms with Gasteiger partial charge in [-0.05, 0) is 98.5 Å². The maximum absolute atomic E-state index is 12.6. The van der Waals surface area contributed by atoms with E-state index in [0.29, 0.717) is 45.9 Å². The zero-order chi connectivity index (χ0) is 22.5. The molecule has 4 nitrogen and oxygen atoms in total. The fraction of sp³-hybridized carbons (Fsp3) is 0.615. The highest BCUT2D eigenvalue weighted by Crippen LogP contribution is 2.62. The molecule has 1 aromatic rings. The predicted molar refractivity (Wildman–Crippen MR) is 124 cm³/mol. The molecule has 0 radical (unpaired) electrons. The van der Waals surface area contributed by atoms with Crippen LogP contribution in [0.5, 0.6) is 5.75 Å². The second kappa shape index (κ2) is 8.68. The first-order valence-electron chi connectivity index (χ1n) is 11.9. The Hall–Kier alpha value is -1.52. The molecule has 0 N–H and O–H groups in total. The Labute approximate surface area is 199 Å². The van der Waals surface area contributed by atoms with Crippen molar-refractivity contribution in [3.63, 3.8) is 0 Å². The van der Waals surface area contributed by atoms with Crippen LogP contribution >= 0.6 is 23.2 Å². The molecule has 6 unspecified atom stereocenters. The van der Waals surface area contributed by atoms with Crippen molar-refractivity contribution in [2.24, 2.45) is 29.1 Å². The molecule has 4 aliphatic carbocycles. The molecule has 0 aromatic heterocycles. The van der Waals surface area contributed by atoms with Crippen LogP contribution in [0.25, 0.3) is 0 Å². The molecule has 0 aliphatic heterocycles. The van der Waals surface area contributed by atoms with E-state index in [1.807, 2.05) is 0 Å². The summed E-state index contributed by atoms with van der Waals surface area (Å²) in [5, 5.41) is 1.17. The fourth-order valence-electron chi connectivity index (χ4n) is 7.25. The number of carbonyl (C=O) groups is 2. The average molecular weight is 477 g/mol. The monoisotopic (exact) mass is 476 g/mol. The number of allylic oxidation sites excluding steroid dienone is 1. The molecule has 6 atom stereocenters. The molecule has 32 heavy (non-hydrogen) atoms. The van der Waals surface area contributed by atoms with Gasteiger partial charge in [0.15, 0.2) is 12.4 Å². The molecule has 0 heterocycles. The first kappa shape index (κ1) is 22.3. The Morgan fingerprint density at radius 2 is 1.81 bits per heavy atom. The summed E-state index contributed by atoms with van der Waals surface area (Å²) in [6.07, 6.45) is 7.74. The summed E-state index contributed by atoms with van der Waals surface area (Å²) in [7, 11) is 0. The Morgan fingerprint density at radius 3 is 2.59 bits per heavy atom. The highest BCUT2D eigenvalue weighted by molar-refractivity contribution is 6.43. The number of benzene rings is 1. The SMILES string of the molecule is CC12CCC3C4CCC(=O)C(Cl)=C4CCC3C1CCC2OC(=O)COc1ccc(Cl)cc1. The second-order valence-corrected chi connectivity index (χ2v) is 11.0. The molecule has 172 valence electrons. The largest absolute Gasteiger partial charge is 0.482 e. The fourth-order valence-corrected chi connectivity index (χ4v) is 7.70. The van der Waals surface area contributed by atoms with Gasteiger partial charge in [0.1, 0.15) is 11.9 Å². The minimum Gasteiger partial charge on any atom is -0.482 e. The zero-order valence-electron chi connectivity index (χ0n) is 18.4. The number of halogens is 2.